The third-order valence-corrected chi connectivity index (χ3v) is 4.07. The fourth-order valence-corrected chi connectivity index (χ4v) is 2.86. The van der Waals surface area contributed by atoms with Gasteiger partial charge in [-0.25, -0.2) is 0 Å². The Morgan fingerprint density at radius 2 is 1.79 bits per heavy atom. The largest absolute Gasteiger partial charge is 0.369 e. The fourth-order valence-electron chi connectivity index (χ4n) is 2.86. The van der Waals surface area contributed by atoms with Crippen molar-refractivity contribution in [3.05, 3.63) is 29.8 Å². The average molecular weight is 261 g/mol. The molecule has 1 aliphatic rings. The fraction of sp³-hybridized carbons (Fsp3) is 0.625. The van der Waals surface area contributed by atoms with Crippen molar-refractivity contribution in [1.82, 2.24) is 10.2 Å². The van der Waals surface area contributed by atoms with Crippen molar-refractivity contribution >= 4 is 5.69 Å². The maximum absolute atomic E-state index is 3.52. The maximum atomic E-state index is 3.52. The van der Waals surface area contributed by atoms with Crippen LogP contribution in [0, 0.1) is 0 Å². The van der Waals surface area contributed by atoms with Crippen LogP contribution in [0.15, 0.2) is 24.3 Å². The van der Waals surface area contributed by atoms with Crippen molar-refractivity contribution in [2.75, 3.05) is 44.2 Å². The lowest BCUT2D eigenvalue weighted by Gasteiger charge is -2.37. The molecule has 0 aliphatic carbocycles. The van der Waals surface area contributed by atoms with Gasteiger partial charge in [-0.3, -0.25) is 0 Å². The van der Waals surface area contributed by atoms with Gasteiger partial charge < -0.3 is 15.1 Å². The molecule has 0 aromatic heterocycles. The predicted molar refractivity (Wildman–Crippen MR) is 82.9 cm³/mol. The number of anilines is 1. The highest BCUT2D eigenvalue weighted by Crippen LogP contribution is 2.27. The first-order chi connectivity index (χ1) is 9.26. The Hall–Kier alpha value is -1.06. The van der Waals surface area contributed by atoms with E-state index in [4.69, 9.17) is 0 Å². The quantitative estimate of drug-likeness (QED) is 0.878. The van der Waals surface area contributed by atoms with Gasteiger partial charge in [-0.05, 0) is 31.6 Å². The van der Waals surface area contributed by atoms with Gasteiger partial charge in [0.05, 0.1) is 0 Å². The summed E-state index contributed by atoms with van der Waals surface area (Å²) >= 11 is 0. The van der Waals surface area contributed by atoms with E-state index in [-0.39, 0.29) is 0 Å². The molecule has 1 aromatic carbocycles. The van der Waals surface area contributed by atoms with Crippen molar-refractivity contribution in [3.63, 3.8) is 0 Å². The minimum Gasteiger partial charge on any atom is -0.369 e. The average Bonchev–Trinajstić information content (AvgIpc) is 2.47. The Morgan fingerprint density at radius 3 is 2.42 bits per heavy atom. The monoisotopic (exact) mass is 261 g/mol. The van der Waals surface area contributed by atoms with Crippen LogP contribution in [0.2, 0.25) is 0 Å². The van der Waals surface area contributed by atoms with Crippen molar-refractivity contribution < 1.29 is 0 Å². The van der Waals surface area contributed by atoms with Crippen LogP contribution in [0.4, 0.5) is 5.69 Å². The summed E-state index contributed by atoms with van der Waals surface area (Å²) in [7, 11) is 0. The van der Waals surface area contributed by atoms with E-state index in [0.717, 1.165) is 19.6 Å². The third kappa shape index (κ3) is 3.48. The molecule has 0 spiro atoms. The van der Waals surface area contributed by atoms with E-state index in [2.05, 4.69) is 60.2 Å². The predicted octanol–water partition coefficient (Wildman–Crippen LogP) is 2.50. The Morgan fingerprint density at radius 1 is 1.11 bits per heavy atom. The van der Waals surface area contributed by atoms with Gasteiger partial charge in [0.1, 0.15) is 0 Å². The topological polar surface area (TPSA) is 18.5 Å². The van der Waals surface area contributed by atoms with Gasteiger partial charge in [-0.1, -0.05) is 32.0 Å². The molecular formula is C16H27N3. The van der Waals surface area contributed by atoms with Crippen LogP contribution in [-0.2, 0) is 0 Å². The van der Waals surface area contributed by atoms with Gasteiger partial charge in [-0.15, -0.1) is 0 Å². The summed E-state index contributed by atoms with van der Waals surface area (Å²) in [5, 5.41) is 3.52. The van der Waals surface area contributed by atoms with E-state index < -0.39 is 0 Å². The summed E-state index contributed by atoms with van der Waals surface area (Å²) in [4.78, 5) is 5.06. The Balaban J connectivity index is 2.11. The first-order valence-corrected chi connectivity index (χ1v) is 7.55. The molecule has 0 bridgehead atoms. The van der Waals surface area contributed by atoms with Crippen molar-refractivity contribution in [3.8, 4) is 0 Å². The summed E-state index contributed by atoms with van der Waals surface area (Å²) < 4.78 is 0. The van der Waals surface area contributed by atoms with Gasteiger partial charge in [-0.2, -0.15) is 0 Å². The zero-order valence-corrected chi connectivity index (χ0v) is 12.5. The number of hydrogen-bond acceptors (Lipinski definition) is 3. The van der Waals surface area contributed by atoms with Crippen molar-refractivity contribution in [2.45, 2.75) is 26.8 Å². The lowest BCUT2D eigenvalue weighted by molar-refractivity contribution is 0.271. The van der Waals surface area contributed by atoms with E-state index in [0.29, 0.717) is 6.04 Å². The van der Waals surface area contributed by atoms with Gasteiger partial charge in [0.15, 0.2) is 0 Å². The van der Waals surface area contributed by atoms with Gasteiger partial charge in [0.2, 0.25) is 0 Å². The van der Waals surface area contributed by atoms with E-state index in [9.17, 15) is 0 Å². The van der Waals surface area contributed by atoms with Crippen molar-refractivity contribution in [2.24, 2.45) is 0 Å². The second kappa shape index (κ2) is 6.92. The summed E-state index contributed by atoms with van der Waals surface area (Å²) in [5.74, 6) is 0. The van der Waals surface area contributed by atoms with Gasteiger partial charge >= 0.3 is 0 Å². The molecule has 1 aliphatic heterocycles. The smallest absolute Gasteiger partial charge is 0.0415 e. The molecule has 1 saturated heterocycles. The SMILES string of the molecule is CCNC(C)c1ccccc1N1CCN(CC)CC1. The molecule has 1 atom stereocenters. The molecule has 3 nitrogen and oxygen atoms in total. The van der Waals surface area contributed by atoms with E-state index in [1.165, 1.54) is 30.9 Å². The molecule has 1 unspecified atom stereocenters. The van der Waals surface area contributed by atoms with Crippen LogP contribution in [0.3, 0.4) is 0 Å². The highest BCUT2D eigenvalue weighted by Gasteiger charge is 2.19. The number of rotatable bonds is 5. The second-order valence-electron chi connectivity index (χ2n) is 5.26. The molecule has 1 aromatic rings. The lowest BCUT2D eigenvalue weighted by Crippen LogP contribution is -2.46. The molecule has 1 N–H and O–H groups in total. The van der Waals surface area contributed by atoms with Crippen LogP contribution >= 0.6 is 0 Å². The molecular weight excluding hydrogens is 234 g/mol. The van der Waals surface area contributed by atoms with Crippen LogP contribution in [0.5, 0.6) is 0 Å². The molecule has 19 heavy (non-hydrogen) atoms. The van der Waals surface area contributed by atoms with Gasteiger partial charge in [0, 0.05) is 37.9 Å². The van der Waals surface area contributed by atoms with Crippen LogP contribution < -0.4 is 10.2 Å². The highest BCUT2D eigenvalue weighted by molar-refractivity contribution is 5.55. The molecule has 1 fully saturated rings. The number of piperazine rings is 1. The molecule has 0 radical (unpaired) electrons. The Labute approximate surface area is 117 Å². The third-order valence-electron chi connectivity index (χ3n) is 4.07. The number of nitrogens with one attached hydrogen (secondary N) is 1. The van der Waals surface area contributed by atoms with Crippen molar-refractivity contribution in [1.29, 1.82) is 0 Å². The zero-order chi connectivity index (χ0) is 13.7. The summed E-state index contributed by atoms with van der Waals surface area (Å²) in [5.41, 5.74) is 2.83. The maximum Gasteiger partial charge on any atom is 0.0415 e. The van der Waals surface area contributed by atoms with E-state index >= 15 is 0 Å². The summed E-state index contributed by atoms with van der Waals surface area (Å²) in [6.45, 7) is 13.5. The van der Waals surface area contributed by atoms with Crippen LogP contribution in [0.1, 0.15) is 32.4 Å². The summed E-state index contributed by atoms with van der Waals surface area (Å²) in [6.07, 6.45) is 0. The number of para-hydroxylation sites is 1. The van der Waals surface area contributed by atoms with E-state index in [1.54, 1.807) is 0 Å². The molecule has 0 saturated carbocycles. The van der Waals surface area contributed by atoms with Gasteiger partial charge in [0.25, 0.3) is 0 Å². The first kappa shape index (κ1) is 14.4. The van der Waals surface area contributed by atoms with Crippen LogP contribution in [-0.4, -0.2) is 44.2 Å². The zero-order valence-electron chi connectivity index (χ0n) is 12.5. The Bertz CT molecular complexity index is 383. The Kier molecular flexibility index (Phi) is 5.23. The standard InChI is InChI=1S/C16H27N3/c1-4-17-14(3)15-8-6-7-9-16(15)19-12-10-18(5-2)11-13-19/h6-9,14,17H,4-5,10-13H2,1-3H3. The number of benzene rings is 1. The number of likely N-dealkylation sites (N-methyl/N-ethyl adjacent to an activating group) is 1. The second-order valence-corrected chi connectivity index (χ2v) is 5.26. The number of nitrogens with zero attached hydrogens (tertiary/aromatic N) is 2. The molecule has 106 valence electrons. The molecule has 1 heterocycles. The number of hydrogen-bond donors (Lipinski definition) is 1. The minimum absolute atomic E-state index is 0.422. The first-order valence-electron chi connectivity index (χ1n) is 7.55. The lowest BCUT2D eigenvalue weighted by atomic mass is 10.0. The normalized spacial score (nSPS) is 18.6. The minimum atomic E-state index is 0.422. The molecule has 2 rings (SSSR count). The summed E-state index contributed by atoms with van der Waals surface area (Å²) in [6, 6.07) is 9.25. The van der Waals surface area contributed by atoms with E-state index in [1.807, 2.05) is 0 Å². The molecule has 3 heteroatoms. The molecule has 0 amide bonds. The van der Waals surface area contributed by atoms with Crippen LogP contribution in [0.25, 0.3) is 0 Å². The highest BCUT2D eigenvalue weighted by atomic mass is 15.3.